The van der Waals surface area contributed by atoms with E-state index >= 15 is 0 Å². The fraction of sp³-hybridized carbons (Fsp3) is 0.240. The summed E-state index contributed by atoms with van der Waals surface area (Å²) in [6, 6.07) is 19.1. The molecule has 1 heterocycles. The molecule has 0 atom stereocenters. The number of hydrogen-bond acceptors (Lipinski definition) is 4. The van der Waals surface area contributed by atoms with Gasteiger partial charge in [0.15, 0.2) is 0 Å². The van der Waals surface area contributed by atoms with Crippen molar-refractivity contribution in [2.45, 2.75) is 26.9 Å². The summed E-state index contributed by atoms with van der Waals surface area (Å²) in [5.74, 6) is 0.297. The predicted molar refractivity (Wildman–Crippen MR) is 119 cm³/mol. The molecule has 0 bridgehead atoms. The van der Waals surface area contributed by atoms with Crippen LogP contribution in [0.4, 0.5) is 10.2 Å². The second kappa shape index (κ2) is 10.4. The molecule has 0 N–H and O–H groups in total. The van der Waals surface area contributed by atoms with E-state index in [9.17, 15) is 9.18 Å². The summed E-state index contributed by atoms with van der Waals surface area (Å²) in [6.45, 7) is 6.38. The molecular weight excluding hydrogens is 391 g/mol. The molecule has 6 heteroatoms. The van der Waals surface area contributed by atoms with Crippen molar-refractivity contribution in [2.24, 2.45) is 0 Å². The highest BCUT2D eigenvalue weighted by atomic mass is 19.1. The third-order valence-electron chi connectivity index (χ3n) is 5.09. The quantitative estimate of drug-likeness (QED) is 0.530. The van der Waals surface area contributed by atoms with Gasteiger partial charge in [0.25, 0.3) is 5.91 Å². The van der Waals surface area contributed by atoms with Gasteiger partial charge in [0.05, 0.1) is 17.2 Å². The van der Waals surface area contributed by atoms with E-state index < -0.39 is 0 Å². The van der Waals surface area contributed by atoms with Gasteiger partial charge in [0.2, 0.25) is 0 Å². The minimum absolute atomic E-state index is 0.188. The standard InChI is InChI=1S/C25H25FN4O/c1-3-29(4-2)24-13-12-22(16-28-24)25(31)30(18-21-6-5-7-23(26)14-21)17-20-10-8-19(15-27)9-11-20/h5-14,16H,3-4,17-18H2,1-2H3. The van der Waals surface area contributed by atoms with Gasteiger partial charge in [-0.25, -0.2) is 9.37 Å². The first-order valence-corrected chi connectivity index (χ1v) is 10.3. The topological polar surface area (TPSA) is 60.2 Å². The smallest absolute Gasteiger partial charge is 0.256 e. The molecule has 158 valence electrons. The molecule has 5 nitrogen and oxygen atoms in total. The number of rotatable bonds is 8. The minimum Gasteiger partial charge on any atom is -0.357 e. The van der Waals surface area contributed by atoms with Gasteiger partial charge in [0.1, 0.15) is 11.6 Å². The molecule has 0 saturated carbocycles. The fourth-order valence-electron chi connectivity index (χ4n) is 3.39. The molecule has 0 aliphatic rings. The number of amides is 1. The second-order valence-corrected chi connectivity index (χ2v) is 7.18. The summed E-state index contributed by atoms with van der Waals surface area (Å²) in [4.78, 5) is 21.5. The van der Waals surface area contributed by atoms with Crippen LogP contribution in [0.2, 0.25) is 0 Å². The van der Waals surface area contributed by atoms with E-state index in [0.29, 0.717) is 23.2 Å². The number of anilines is 1. The van der Waals surface area contributed by atoms with E-state index in [-0.39, 0.29) is 18.3 Å². The monoisotopic (exact) mass is 416 g/mol. The highest BCUT2D eigenvalue weighted by molar-refractivity contribution is 5.94. The lowest BCUT2D eigenvalue weighted by Gasteiger charge is -2.24. The molecule has 0 aliphatic heterocycles. The van der Waals surface area contributed by atoms with Crippen molar-refractivity contribution in [1.82, 2.24) is 9.88 Å². The van der Waals surface area contributed by atoms with Crippen LogP contribution in [-0.4, -0.2) is 28.9 Å². The maximum absolute atomic E-state index is 13.7. The molecule has 0 radical (unpaired) electrons. The third-order valence-corrected chi connectivity index (χ3v) is 5.09. The van der Waals surface area contributed by atoms with E-state index in [0.717, 1.165) is 24.5 Å². The molecule has 1 aromatic heterocycles. The van der Waals surface area contributed by atoms with Crippen molar-refractivity contribution in [1.29, 1.82) is 5.26 Å². The van der Waals surface area contributed by atoms with E-state index in [2.05, 4.69) is 29.8 Å². The molecule has 2 aromatic carbocycles. The largest absolute Gasteiger partial charge is 0.357 e. The molecule has 3 aromatic rings. The van der Waals surface area contributed by atoms with Gasteiger partial charge >= 0.3 is 0 Å². The van der Waals surface area contributed by atoms with Crippen molar-refractivity contribution in [3.05, 3.63) is 94.9 Å². The number of carbonyl (C=O) groups excluding carboxylic acids is 1. The summed E-state index contributed by atoms with van der Waals surface area (Å²) in [7, 11) is 0. The third kappa shape index (κ3) is 5.67. The Balaban J connectivity index is 1.86. The Morgan fingerprint density at radius 2 is 1.71 bits per heavy atom. The summed E-state index contributed by atoms with van der Waals surface area (Å²) in [6.07, 6.45) is 1.59. The number of carbonyl (C=O) groups is 1. The van der Waals surface area contributed by atoms with Gasteiger partial charge in [-0.2, -0.15) is 5.26 Å². The molecule has 0 unspecified atom stereocenters. The lowest BCUT2D eigenvalue weighted by atomic mass is 10.1. The predicted octanol–water partition coefficient (Wildman–Crippen LogP) is 4.78. The number of halogens is 1. The van der Waals surface area contributed by atoms with Crippen LogP contribution >= 0.6 is 0 Å². The minimum atomic E-state index is -0.339. The van der Waals surface area contributed by atoms with E-state index in [1.54, 1.807) is 41.4 Å². The van der Waals surface area contributed by atoms with Gasteiger partial charge in [-0.05, 0) is 61.4 Å². The van der Waals surface area contributed by atoms with Crippen LogP contribution in [0, 0.1) is 17.1 Å². The first-order valence-electron chi connectivity index (χ1n) is 10.3. The number of pyridine rings is 1. The lowest BCUT2D eigenvalue weighted by Crippen LogP contribution is -2.30. The highest BCUT2D eigenvalue weighted by Gasteiger charge is 2.18. The molecule has 0 fully saturated rings. The second-order valence-electron chi connectivity index (χ2n) is 7.18. The van der Waals surface area contributed by atoms with Crippen LogP contribution in [0.3, 0.4) is 0 Å². The Kier molecular flexibility index (Phi) is 7.34. The van der Waals surface area contributed by atoms with Crippen LogP contribution in [0.1, 0.15) is 40.9 Å². The number of nitrogens with zero attached hydrogens (tertiary/aromatic N) is 4. The Hall–Kier alpha value is -3.72. The number of aromatic nitrogens is 1. The molecule has 0 aliphatic carbocycles. The fourth-order valence-corrected chi connectivity index (χ4v) is 3.39. The molecule has 0 saturated heterocycles. The molecule has 31 heavy (non-hydrogen) atoms. The van der Waals surface area contributed by atoms with E-state index in [1.165, 1.54) is 12.1 Å². The van der Waals surface area contributed by atoms with Gasteiger partial charge in [-0.1, -0.05) is 24.3 Å². The van der Waals surface area contributed by atoms with Crippen molar-refractivity contribution < 1.29 is 9.18 Å². The Bertz CT molecular complexity index is 1050. The number of benzene rings is 2. The van der Waals surface area contributed by atoms with E-state index in [1.807, 2.05) is 18.2 Å². The summed E-state index contributed by atoms with van der Waals surface area (Å²) < 4.78 is 13.7. The zero-order chi connectivity index (χ0) is 22.2. The van der Waals surface area contributed by atoms with Crippen LogP contribution in [0.15, 0.2) is 66.9 Å². The van der Waals surface area contributed by atoms with Crippen LogP contribution in [0.5, 0.6) is 0 Å². The SMILES string of the molecule is CCN(CC)c1ccc(C(=O)N(Cc2ccc(C#N)cc2)Cc2cccc(F)c2)cn1. The van der Waals surface area contributed by atoms with Gasteiger partial charge in [-0.15, -0.1) is 0 Å². The van der Waals surface area contributed by atoms with Crippen molar-refractivity contribution >= 4 is 11.7 Å². The first kappa shape index (κ1) is 22.0. The Morgan fingerprint density at radius 1 is 1.00 bits per heavy atom. The van der Waals surface area contributed by atoms with Crippen molar-refractivity contribution in [3.8, 4) is 6.07 Å². The van der Waals surface area contributed by atoms with Crippen LogP contribution < -0.4 is 4.90 Å². The summed E-state index contributed by atoms with van der Waals surface area (Å²) in [5.41, 5.74) is 2.62. The first-order chi connectivity index (χ1) is 15.0. The molecular formula is C25H25FN4O. The van der Waals surface area contributed by atoms with Gasteiger partial charge < -0.3 is 9.80 Å². The van der Waals surface area contributed by atoms with Crippen molar-refractivity contribution in [3.63, 3.8) is 0 Å². The number of hydrogen-bond donors (Lipinski definition) is 0. The highest BCUT2D eigenvalue weighted by Crippen LogP contribution is 2.17. The molecule has 0 spiro atoms. The average Bonchev–Trinajstić information content (AvgIpc) is 2.80. The molecule has 3 rings (SSSR count). The van der Waals surface area contributed by atoms with Crippen molar-refractivity contribution in [2.75, 3.05) is 18.0 Å². The maximum Gasteiger partial charge on any atom is 0.256 e. The Morgan fingerprint density at radius 3 is 2.29 bits per heavy atom. The zero-order valence-corrected chi connectivity index (χ0v) is 17.8. The maximum atomic E-state index is 13.7. The lowest BCUT2D eigenvalue weighted by molar-refractivity contribution is 0.0729. The molecule has 1 amide bonds. The Labute approximate surface area is 182 Å². The summed E-state index contributed by atoms with van der Waals surface area (Å²) in [5, 5.41) is 9.00. The number of nitriles is 1. The van der Waals surface area contributed by atoms with E-state index in [4.69, 9.17) is 5.26 Å². The van der Waals surface area contributed by atoms with Gasteiger partial charge in [0, 0.05) is 32.4 Å². The summed E-state index contributed by atoms with van der Waals surface area (Å²) >= 11 is 0. The van der Waals surface area contributed by atoms with Crippen LogP contribution in [0.25, 0.3) is 0 Å². The van der Waals surface area contributed by atoms with Gasteiger partial charge in [-0.3, -0.25) is 4.79 Å². The van der Waals surface area contributed by atoms with Crippen LogP contribution in [-0.2, 0) is 13.1 Å². The zero-order valence-electron chi connectivity index (χ0n) is 17.8. The average molecular weight is 417 g/mol. The normalized spacial score (nSPS) is 10.4.